The Labute approximate surface area is 170 Å². The summed E-state index contributed by atoms with van der Waals surface area (Å²) in [7, 11) is -3.90. The van der Waals surface area contributed by atoms with Gasteiger partial charge in [0.05, 0.1) is 15.6 Å². The molecule has 0 N–H and O–H groups in total. The summed E-state index contributed by atoms with van der Waals surface area (Å²) in [5, 5.41) is 0.0796. The molecule has 1 aromatic carbocycles. The molecule has 2 aromatic rings. The average Bonchev–Trinajstić information content (AvgIpc) is 2.87. The van der Waals surface area contributed by atoms with E-state index in [1.54, 1.807) is 11.0 Å². The third-order valence-electron chi connectivity index (χ3n) is 4.37. The molecule has 0 atom stereocenters. The fourth-order valence-corrected chi connectivity index (χ4v) is 5.52. The van der Waals surface area contributed by atoms with Gasteiger partial charge in [0.1, 0.15) is 10.7 Å². The third kappa shape index (κ3) is 4.37. The Kier molecular flexibility index (Phi) is 6.09. The minimum absolute atomic E-state index is 0.0398. The van der Waals surface area contributed by atoms with E-state index in [2.05, 4.69) is 4.98 Å². The lowest BCUT2D eigenvalue weighted by Gasteiger charge is -2.23. The fourth-order valence-electron chi connectivity index (χ4n) is 2.96. The average molecular weight is 454 g/mol. The first-order valence-electron chi connectivity index (χ1n) is 8.33. The Morgan fingerprint density at radius 3 is 2.21 bits per heavy atom. The minimum atomic E-state index is -4.45. The maximum atomic E-state index is 13.0. The number of pyridine rings is 1. The molecule has 0 radical (unpaired) electrons. The summed E-state index contributed by atoms with van der Waals surface area (Å²) in [6.07, 6.45) is -3.20. The molecule has 0 saturated carbocycles. The predicted octanol–water partition coefficient (Wildman–Crippen LogP) is 4.31. The van der Waals surface area contributed by atoms with Crippen molar-refractivity contribution in [3.8, 4) is 0 Å². The highest BCUT2D eigenvalue weighted by Gasteiger charge is 2.32. The molecular weight excluding hydrogens is 438 g/mol. The Morgan fingerprint density at radius 2 is 1.64 bits per heavy atom. The van der Waals surface area contributed by atoms with Crippen LogP contribution in [0, 0.1) is 0 Å². The van der Waals surface area contributed by atoms with Crippen LogP contribution >= 0.6 is 23.2 Å². The van der Waals surface area contributed by atoms with Crippen molar-refractivity contribution in [3.05, 3.63) is 52.1 Å². The summed E-state index contributed by atoms with van der Waals surface area (Å²) in [5.74, 6) is 0.364. The smallest absolute Gasteiger partial charge is 0.355 e. The Hall–Kier alpha value is -1.55. The van der Waals surface area contributed by atoms with Crippen LogP contribution in [0.25, 0.3) is 0 Å². The molecule has 1 fully saturated rings. The second kappa shape index (κ2) is 8.06. The SMILES string of the molecule is O=S(=O)(c1c(Cl)cccc1Cl)N1CCCN(c2ccc(C(F)(F)F)cn2)CC1. The van der Waals surface area contributed by atoms with Crippen molar-refractivity contribution < 1.29 is 21.6 Å². The van der Waals surface area contributed by atoms with E-state index in [1.165, 1.54) is 22.5 Å². The number of sulfonamides is 1. The molecule has 0 aliphatic carbocycles. The summed E-state index contributed by atoms with van der Waals surface area (Å²) in [6.45, 7) is 1.11. The lowest BCUT2D eigenvalue weighted by Crippen LogP contribution is -2.35. The van der Waals surface area contributed by atoms with E-state index in [1.807, 2.05) is 0 Å². The molecule has 1 aromatic heterocycles. The molecule has 0 bridgehead atoms. The summed E-state index contributed by atoms with van der Waals surface area (Å²) >= 11 is 12.1. The monoisotopic (exact) mass is 453 g/mol. The molecule has 11 heteroatoms. The highest BCUT2D eigenvalue weighted by Crippen LogP contribution is 2.32. The van der Waals surface area contributed by atoms with Crippen LogP contribution in [0.2, 0.25) is 10.0 Å². The highest BCUT2D eigenvalue weighted by molar-refractivity contribution is 7.89. The maximum Gasteiger partial charge on any atom is 0.417 e. The predicted molar refractivity (Wildman–Crippen MR) is 101 cm³/mol. The van der Waals surface area contributed by atoms with Crippen LogP contribution in [-0.2, 0) is 16.2 Å². The van der Waals surface area contributed by atoms with Gasteiger partial charge in [0, 0.05) is 32.4 Å². The summed E-state index contributed by atoms with van der Waals surface area (Å²) in [4.78, 5) is 5.49. The minimum Gasteiger partial charge on any atom is -0.355 e. The van der Waals surface area contributed by atoms with Crippen LogP contribution in [0.5, 0.6) is 0 Å². The second-order valence-corrected chi connectivity index (χ2v) is 8.89. The van der Waals surface area contributed by atoms with Crippen molar-refractivity contribution in [1.82, 2.24) is 9.29 Å². The molecule has 0 spiro atoms. The van der Waals surface area contributed by atoms with E-state index in [4.69, 9.17) is 23.2 Å². The first-order valence-corrected chi connectivity index (χ1v) is 10.5. The van der Waals surface area contributed by atoms with E-state index in [0.29, 0.717) is 18.8 Å². The Balaban J connectivity index is 1.78. The van der Waals surface area contributed by atoms with E-state index in [0.717, 1.165) is 12.3 Å². The topological polar surface area (TPSA) is 53.5 Å². The number of alkyl halides is 3. The number of aromatic nitrogens is 1. The van der Waals surface area contributed by atoms with E-state index in [9.17, 15) is 21.6 Å². The second-order valence-electron chi connectivity index (χ2n) is 6.20. The van der Waals surface area contributed by atoms with Crippen molar-refractivity contribution >= 4 is 39.0 Å². The first-order chi connectivity index (χ1) is 13.1. The molecule has 3 rings (SSSR count). The third-order valence-corrected chi connectivity index (χ3v) is 7.23. The summed E-state index contributed by atoms with van der Waals surface area (Å²) in [6, 6.07) is 6.72. The van der Waals surface area contributed by atoms with Crippen LogP contribution in [-0.4, -0.2) is 43.9 Å². The van der Waals surface area contributed by atoms with Gasteiger partial charge in [0.15, 0.2) is 0 Å². The van der Waals surface area contributed by atoms with Crippen molar-refractivity contribution in [3.63, 3.8) is 0 Å². The lowest BCUT2D eigenvalue weighted by molar-refractivity contribution is -0.137. The van der Waals surface area contributed by atoms with Gasteiger partial charge in [-0.05, 0) is 30.7 Å². The van der Waals surface area contributed by atoms with Gasteiger partial charge in [-0.1, -0.05) is 29.3 Å². The fraction of sp³-hybridized carbons (Fsp3) is 0.353. The molecule has 1 aliphatic heterocycles. The summed E-state index contributed by atoms with van der Waals surface area (Å²) < 4.78 is 65.3. The molecule has 152 valence electrons. The lowest BCUT2D eigenvalue weighted by atomic mass is 10.2. The normalized spacial score (nSPS) is 16.8. The van der Waals surface area contributed by atoms with Gasteiger partial charge in [-0.15, -0.1) is 0 Å². The Morgan fingerprint density at radius 1 is 0.964 bits per heavy atom. The van der Waals surface area contributed by atoms with Gasteiger partial charge in [-0.25, -0.2) is 13.4 Å². The van der Waals surface area contributed by atoms with Crippen LogP contribution in [0.4, 0.5) is 19.0 Å². The molecule has 0 amide bonds. The standard InChI is InChI=1S/C17H16Cl2F3N3O2S/c18-13-3-1-4-14(19)16(13)28(26,27)25-8-2-7-24(9-10-25)15-6-5-12(11-23-15)17(20,21)22/h1,3-6,11H,2,7-10H2. The molecule has 28 heavy (non-hydrogen) atoms. The highest BCUT2D eigenvalue weighted by atomic mass is 35.5. The van der Waals surface area contributed by atoms with Crippen LogP contribution < -0.4 is 4.90 Å². The number of nitrogens with zero attached hydrogens (tertiary/aromatic N) is 3. The maximum absolute atomic E-state index is 13.0. The zero-order chi connectivity index (χ0) is 20.5. The number of hydrogen-bond acceptors (Lipinski definition) is 4. The molecule has 2 heterocycles. The van der Waals surface area contributed by atoms with Gasteiger partial charge in [-0.3, -0.25) is 0 Å². The van der Waals surface area contributed by atoms with E-state index >= 15 is 0 Å². The van der Waals surface area contributed by atoms with Crippen molar-refractivity contribution in [2.75, 3.05) is 31.1 Å². The van der Waals surface area contributed by atoms with Gasteiger partial charge in [0.2, 0.25) is 10.0 Å². The van der Waals surface area contributed by atoms with Gasteiger partial charge < -0.3 is 4.90 Å². The van der Waals surface area contributed by atoms with Crippen LogP contribution in [0.15, 0.2) is 41.4 Å². The number of anilines is 1. The number of hydrogen-bond donors (Lipinski definition) is 0. The van der Waals surface area contributed by atoms with Gasteiger partial charge >= 0.3 is 6.18 Å². The molecule has 1 aliphatic rings. The number of halogens is 5. The largest absolute Gasteiger partial charge is 0.417 e. The zero-order valence-corrected chi connectivity index (χ0v) is 16.8. The van der Waals surface area contributed by atoms with E-state index < -0.39 is 21.8 Å². The van der Waals surface area contributed by atoms with Crippen molar-refractivity contribution in [1.29, 1.82) is 0 Å². The molecular formula is C17H16Cl2F3N3O2S. The van der Waals surface area contributed by atoms with Crippen molar-refractivity contribution in [2.45, 2.75) is 17.5 Å². The van der Waals surface area contributed by atoms with Gasteiger partial charge in [-0.2, -0.15) is 17.5 Å². The van der Waals surface area contributed by atoms with Crippen molar-refractivity contribution in [2.24, 2.45) is 0 Å². The quantitative estimate of drug-likeness (QED) is 0.694. The molecule has 5 nitrogen and oxygen atoms in total. The summed E-state index contributed by atoms with van der Waals surface area (Å²) in [5.41, 5.74) is -0.830. The van der Waals surface area contributed by atoms with E-state index in [-0.39, 0.29) is 34.6 Å². The van der Waals surface area contributed by atoms with Crippen LogP contribution in [0.1, 0.15) is 12.0 Å². The molecule has 0 unspecified atom stereocenters. The zero-order valence-electron chi connectivity index (χ0n) is 14.5. The Bertz CT molecular complexity index is 933. The van der Waals surface area contributed by atoms with Crippen LogP contribution in [0.3, 0.4) is 0 Å². The number of rotatable bonds is 3. The van der Waals surface area contributed by atoms with Gasteiger partial charge in [0.25, 0.3) is 0 Å². The molecule has 1 saturated heterocycles. The number of benzene rings is 1. The first kappa shape index (κ1) is 21.2.